The summed E-state index contributed by atoms with van der Waals surface area (Å²) in [6.07, 6.45) is 0.330. The van der Waals surface area contributed by atoms with Crippen LogP contribution in [0.25, 0.3) is 0 Å². The van der Waals surface area contributed by atoms with Gasteiger partial charge in [-0.1, -0.05) is 25.8 Å². The fourth-order valence-corrected chi connectivity index (χ4v) is 3.17. The topological polar surface area (TPSA) is 52.4 Å². The lowest BCUT2D eigenvalue weighted by Crippen LogP contribution is -2.22. The van der Waals surface area contributed by atoms with E-state index in [0.717, 1.165) is 37.7 Å². The molecular weight excluding hydrogens is 299 g/mol. The summed E-state index contributed by atoms with van der Waals surface area (Å²) in [6.45, 7) is 0.499. The second-order valence-electron chi connectivity index (χ2n) is 5.68. The van der Waals surface area contributed by atoms with E-state index in [0.29, 0.717) is 0 Å². The third kappa shape index (κ3) is 3.51. The maximum atomic E-state index is 12.3. The van der Waals surface area contributed by atoms with Gasteiger partial charge in [-0.15, -0.1) is 0 Å². The Morgan fingerprint density at radius 1 is 1.32 bits per heavy atom. The number of hydrogen-bond acceptors (Lipinski definition) is 3. The highest BCUT2D eigenvalue weighted by Crippen LogP contribution is 2.45. The van der Waals surface area contributed by atoms with Crippen LogP contribution in [0.4, 0.5) is 18.9 Å². The summed E-state index contributed by atoms with van der Waals surface area (Å²) >= 11 is 0. The Morgan fingerprint density at radius 2 is 1.95 bits per heavy atom. The largest absolute Gasteiger partial charge is 0.477 e. The van der Waals surface area contributed by atoms with Gasteiger partial charge in [-0.2, -0.15) is 13.2 Å². The summed E-state index contributed by atoms with van der Waals surface area (Å²) in [5, 5.41) is 11.0. The summed E-state index contributed by atoms with van der Waals surface area (Å²) in [6, 6.07) is 4.31. The highest BCUT2D eigenvalue weighted by atomic mass is 19.4. The van der Waals surface area contributed by atoms with Crippen LogP contribution in [0.5, 0.6) is 5.75 Å². The second-order valence-corrected chi connectivity index (χ2v) is 5.68. The molecule has 1 aliphatic carbocycles. The molecule has 122 valence electrons. The van der Waals surface area contributed by atoms with Crippen molar-refractivity contribution < 1.29 is 22.8 Å². The summed E-state index contributed by atoms with van der Waals surface area (Å²) in [4.78, 5) is 10.3. The van der Waals surface area contributed by atoms with E-state index in [1.807, 2.05) is 6.92 Å². The maximum absolute atomic E-state index is 12.3. The lowest BCUT2D eigenvalue weighted by molar-refractivity contribution is -0.386. The van der Waals surface area contributed by atoms with Gasteiger partial charge in [-0.05, 0) is 36.3 Å². The molecule has 0 amide bonds. The Hall–Kier alpha value is -1.79. The quantitative estimate of drug-likeness (QED) is 0.581. The van der Waals surface area contributed by atoms with E-state index in [1.165, 1.54) is 12.1 Å². The molecule has 0 aromatic heterocycles. The molecule has 1 fully saturated rings. The number of halogens is 3. The van der Waals surface area contributed by atoms with Crippen LogP contribution in [0.1, 0.15) is 44.6 Å². The molecule has 7 heteroatoms. The summed E-state index contributed by atoms with van der Waals surface area (Å²) in [7, 11) is 0. The van der Waals surface area contributed by atoms with Gasteiger partial charge in [0.2, 0.25) is 0 Å². The normalized spacial score (nSPS) is 17.5. The van der Waals surface area contributed by atoms with Crippen LogP contribution in [-0.2, 0) is 5.41 Å². The van der Waals surface area contributed by atoms with E-state index in [1.54, 1.807) is 6.07 Å². The number of ether oxygens (including phenoxy) is 1. The monoisotopic (exact) mass is 317 g/mol. The Labute approximate surface area is 126 Å². The van der Waals surface area contributed by atoms with Crippen LogP contribution < -0.4 is 4.74 Å². The Morgan fingerprint density at radius 3 is 2.45 bits per heavy atom. The van der Waals surface area contributed by atoms with E-state index in [2.05, 4.69) is 4.74 Å². The highest BCUT2D eigenvalue weighted by molar-refractivity contribution is 5.50. The number of hydrogen-bond donors (Lipinski definition) is 0. The van der Waals surface area contributed by atoms with E-state index < -0.39 is 23.4 Å². The molecule has 0 saturated heterocycles. The number of benzene rings is 1. The lowest BCUT2D eigenvalue weighted by Gasteiger charge is -2.28. The number of alkyl halides is 3. The van der Waals surface area contributed by atoms with Crippen molar-refractivity contribution in [3.8, 4) is 5.75 Å². The van der Waals surface area contributed by atoms with Crippen molar-refractivity contribution in [2.45, 2.75) is 50.6 Å². The van der Waals surface area contributed by atoms with Crippen molar-refractivity contribution in [3.05, 3.63) is 33.9 Å². The molecule has 1 aromatic rings. The first-order valence-electron chi connectivity index (χ1n) is 7.26. The summed E-state index contributed by atoms with van der Waals surface area (Å²) < 4.78 is 41.7. The standard InChI is InChI=1S/C15H18F3NO3/c1-2-14(7-3-4-8-14)11-5-6-12(19(20)21)13(9-11)22-10-15(16,17)18/h5-6,9H,2-4,7-8,10H2,1H3. The maximum Gasteiger partial charge on any atom is 0.422 e. The van der Waals surface area contributed by atoms with Crippen molar-refractivity contribution in [3.63, 3.8) is 0 Å². The van der Waals surface area contributed by atoms with Crippen LogP contribution in [0, 0.1) is 10.1 Å². The molecule has 1 aliphatic rings. The molecule has 0 unspecified atom stereocenters. The molecule has 0 radical (unpaired) electrons. The minimum atomic E-state index is -4.53. The van der Waals surface area contributed by atoms with Crippen LogP contribution in [0.3, 0.4) is 0 Å². The molecule has 22 heavy (non-hydrogen) atoms. The van der Waals surface area contributed by atoms with Crippen molar-refractivity contribution in [1.29, 1.82) is 0 Å². The predicted molar refractivity (Wildman–Crippen MR) is 75.1 cm³/mol. The van der Waals surface area contributed by atoms with Crippen LogP contribution in [0.15, 0.2) is 18.2 Å². The zero-order valence-electron chi connectivity index (χ0n) is 12.3. The SMILES string of the molecule is CCC1(c2ccc([N+](=O)[O-])c(OCC(F)(F)F)c2)CCCC1. The lowest BCUT2D eigenvalue weighted by atomic mass is 9.76. The number of nitro groups is 1. The molecule has 0 bridgehead atoms. The number of nitro benzene ring substituents is 1. The summed E-state index contributed by atoms with van der Waals surface area (Å²) in [5.74, 6) is -0.306. The molecule has 0 heterocycles. The molecule has 1 saturated carbocycles. The molecule has 0 aliphatic heterocycles. The Bertz CT molecular complexity index is 551. The summed E-state index contributed by atoms with van der Waals surface area (Å²) in [5.41, 5.74) is 0.290. The first-order chi connectivity index (χ1) is 10.3. The zero-order valence-corrected chi connectivity index (χ0v) is 12.3. The molecule has 0 N–H and O–H groups in total. The van der Waals surface area contributed by atoms with Crippen molar-refractivity contribution >= 4 is 5.69 Å². The van der Waals surface area contributed by atoms with Crippen LogP contribution in [-0.4, -0.2) is 17.7 Å². The van der Waals surface area contributed by atoms with Gasteiger partial charge >= 0.3 is 11.9 Å². The van der Waals surface area contributed by atoms with E-state index in [-0.39, 0.29) is 11.2 Å². The predicted octanol–water partition coefficient (Wildman–Crippen LogP) is 4.76. The van der Waals surface area contributed by atoms with Gasteiger partial charge in [-0.25, -0.2) is 0 Å². The van der Waals surface area contributed by atoms with Gasteiger partial charge in [0.1, 0.15) is 0 Å². The van der Waals surface area contributed by atoms with Crippen LogP contribution in [0.2, 0.25) is 0 Å². The van der Waals surface area contributed by atoms with E-state index in [9.17, 15) is 23.3 Å². The second kappa shape index (κ2) is 6.14. The van der Waals surface area contributed by atoms with Crippen molar-refractivity contribution in [2.75, 3.05) is 6.61 Å². The molecule has 0 atom stereocenters. The van der Waals surface area contributed by atoms with Gasteiger partial charge in [0, 0.05) is 6.07 Å². The van der Waals surface area contributed by atoms with Gasteiger partial charge in [-0.3, -0.25) is 10.1 Å². The van der Waals surface area contributed by atoms with Gasteiger partial charge in [0.15, 0.2) is 12.4 Å². The molecule has 4 nitrogen and oxygen atoms in total. The number of nitrogens with zero attached hydrogens (tertiary/aromatic N) is 1. The van der Waals surface area contributed by atoms with Crippen LogP contribution >= 0.6 is 0 Å². The molecule has 0 spiro atoms. The van der Waals surface area contributed by atoms with Gasteiger partial charge in [0.05, 0.1) is 4.92 Å². The third-order valence-electron chi connectivity index (χ3n) is 4.40. The first kappa shape index (κ1) is 16.6. The van der Waals surface area contributed by atoms with Gasteiger partial charge < -0.3 is 4.74 Å². The van der Waals surface area contributed by atoms with Crippen molar-refractivity contribution in [2.24, 2.45) is 0 Å². The average Bonchev–Trinajstić information content (AvgIpc) is 2.94. The van der Waals surface area contributed by atoms with Gasteiger partial charge in [0.25, 0.3) is 0 Å². The minimum Gasteiger partial charge on any atom is -0.477 e. The Balaban J connectivity index is 2.36. The fraction of sp³-hybridized carbons (Fsp3) is 0.600. The fourth-order valence-electron chi connectivity index (χ4n) is 3.17. The van der Waals surface area contributed by atoms with E-state index >= 15 is 0 Å². The number of rotatable bonds is 5. The molecule has 1 aromatic carbocycles. The smallest absolute Gasteiger partial charge is 0.422 e. The van der Waals surface area contributed by atoms with Crippen molar-refractivity contribution in [1.82, 2.24) is 0 Å². The highest BCUT2D eigenvalue weighted by Gasteiger charge is 2.36. The third-order valence-corrected chi connectivity index (χ3v) is 4.40. The molecular formula is C15H18F3NO3. The Kier molecular flexibility index (Phi) is 4.63. The van der Waals surface area contributed by atoms with E-state index in [4.69, 9.17) is 0 Å². The average molecular weight is 317 g/mol. The molecule has 2 rings (SSSR count). The first-order valence-corrected chi connectivity index (χ1v) is 7.26. The minimum absolute atomic E-state index is 0.106. The zero-order chi connectivity index (χ0) is 16.4.